The molecule has 0 atom stereocenters. The lowest BCUT2D eigenvalue weighted by molar-refractivity contribution is -0.123. The third-order valence-electron chi connectivity index (χ3n) is 6.83. The van der Waals surface area contributed by atoms with Gasteiger partial charge >= 0.3 is 0 Å². The molecule has 3 heterocycles. The van der Waals surface area contributed by atoms with E-state index in [0.29, 0.717) is 41.3 Å². The van der Waals surface area contributed by atoms with Crippen molar-refractivity contribution in [2.75, 3.05) is 25.9 Å². The van der Waals surface area contributed by atoms with Gasteiger partial charge in [-0.25, -0.2) is 4.98 Å². The minimum atomic E-state index is -0.304. The smallest absolute Gasteiger partial charge is 0.266 e. The van der Waals surface area contributed by atoms with Crippen molar-refractivity contribution in [2.45, 2.75) is 19.8 Å². The molecule has 4 N–H and O–H groups in total. The molecule has 1 fully saturated rings. The standard InChI is InChI=1S/C28H28N4O3S/c1-16-3-5-17(6-4-16)21-15-22(18-7-9-20(35-2)10-8-18)31-27-23(21)24(29)25(36-27)28(34)32-13-11-19(12-14-32)26(30)33/h3-10,15,19H,11-14,29H2,1-2H3,(H2,30,33). The number of nitrogens with zero attached hydrogens (tertiary/aromatic N) is 2. The summed E-state index contributed by atoms with van der Waals surface area (Å²) in [6, 6.07) is 18.0. The number of hydrogen-bond donors (Lipinski definition) is 2. The fourth-order valence-electron chi connectivity index (χ4n) is 4.66. The van der Waals surface area contributed by atoms with E-state index in [1.54, 1.807) is 12.0 Å². The number of carbonyl (C=O) groups is 2. The molecule has 0 spiro atoms. The van der Waals surface area contributed by atoms with Crippen molar-refractivity contribution >= 4 is 39.1 Å². The zero-order valence-corrected chi connectivity index (χ0v) is 21.1. The highest BCUT2D eigenvalue weighted by atomic mass is 32.1. The number of hydrogen-bond acceptors (Lipinski definition) is 6. The lowest BCUT2D eigenvalue weighted by Gasteiger charge is -2.30. The average molecular weight is 501 g/mol. The monoisotopic (exact) mass is 500 g/mol. The first-order chi connectivity index (χ1) is 17.4. The summed E-state index contributed by atoms with van der Waals surface area (Å²) >= 11 is 1.32. The van der Waals surface area contributed by atoms with Gasteiger partial charge in [0.25, 0.3) is 5.91 Å². The third kappa shape index (κ3) is 4.40. The summed E-state index contributed by atoms with van der Waals surface area (Å²) in [5, 5.41) is 0.788. The number of carbonyl (C=O) groups excluding carboxylic acids is 2. The summed E-state index contributed by atoms with van der Waals surface area (Å²) in [5.41, 5.74) is 17.4. The molecule has 2 aromatic carbocycles. The van der Waals surface area contributed by atoms with Crippen LogP contribution in [0.25, 0.3) is 32.6 Å². The van der Waals surface area contributed by atoms with Crippen molar-refractivity contribution in [3.05, 3.63) is 65.0 Å². The maximum absolute atomic E-state index is 13.5. The van der Waals surface area contributed by atoms with Crippen molar-refractivity contribution < 1.29 is 14.3 Å². The number of anilines is 1. The normalized spacial score (nSPS) is 14.2. The van der Waals surface area contributed by atoms with Crippen LogP contribution in [0.15, 0.2) is 54.6 Å². The number of pyridine rings is 1. The van der Waals surface area contributed by atoms with Crippen LogP contribution >= 0.6 is 11.3 Å². The molecule has 0 bridgehead atoms. The van der Waals surface area contributed by atoms with E-state index in [1.165, 1.54) is 11.3 Å². The Hall–Kier alpha value is -3.91. The molecule has 4 aromatic rings. The second kappa shape index (κ2) is 9.62. The number of primary amides is 1. The number of aromatic nitrogens is 1. The topological polar surface area (TPSA) is 112 Å². The number of nitrogens with two attached hydrogens (primary N) is 2. The fraction of sp³-hybridized carbons (Fsp3) is 0.250. The molecule has 8 heteroatoms. The molecule has 2 amide bonds. The van der Waals surface area contributed by atoms with Crippen LogP contribution in [0.2, 0.25) is 0 Å². The quantitative estimate of drug-likeness (QED) is 0.406. The number of methoxy groups -OCH3 is 1. The number of fused-ring (bicyclic) bond motifs is 1. The Morgan fingerprint density at radius 3 is 2.28 bits per heavy atom. The first-order valence-electron chi connectivity index (χ1n) is 11.9. The summed E-state index contributed by atoms with van der Waals surface area (Å²) in [7, 11) is 1.64. The van der Waals surface area contributed by atoms with Gasteiger partial charge in [-0.05, 0) is 61.2 Å². The molecule has 0 unspecified atom stereocenters. The molecule has 2 aromatic heterocycles. The second-order valence-electron chi connectivity index (χ2n) is 9.14. The van der Waals surface area contributed by atoms with E-state index in [2.05, 4.69) is 24.3 Å². The first-order valence-corrected chi connectivity index (χ1v) is 12.7. The molecule has 0 saturated carbocycles. The van der Waals surface area contributed by atoms with Gasteiger partial charge in [0.2, 0.25) is 5.91 Å². The lowest BCUT2D eigenvalue weighted by Crippen LogP contribution is -2.41. The van der Waals surface area contributed by atoms with E-state index >= 15 is 0 Å². The minimum Gasteiger partial charge on any atom is -0.497 e. The van der Waals surface area contributed by atoms with Gasteiger partial charge in [-0.2, -0.15) is 0 Å². The molecule has 184 valence electrons. The molecule has 1 aliphatic heterocycles. The minimum absolute atomic E-state index is 0.126. The number of ether oxygens (including phenoxy) is 1. The van der Waals surface area contributed by atoms with Crippen LogP contribution in [0.4, 0.5) is 5.69 Å². The van der Waals surface area contributed by atoms with E-state index < -0.39 is 0 Å². The molecule has 1 saturated heterocycles. The fourth-order valence-corrected chi connectivity index (χ4v) is 5.75. The second-order valence-corrected chi connectivity index (χ2v) is 10.1. The highest BCUT2D eigenvalue weighted by Gasteiger charge is 2.29. The summed E-state index contributed by atoms with van der Waals surface area (Å²) in [5.74, 6) is 0.156. The van der Waals surface area contributed by atoms with Crippen molar-refractivity contribution in [3.8, 4) is 28.1 Å². The maximum atomic E-state index is 13.5. The summed E-state index contributed by atoms with van der Waals surface area (Å²) in [6.45, 7) is 3.01. The number of thiophene rings is 1. The van der Waals surface area contributed by atoms with Crippen molar-refractivity contribution in [1.29, 1.82) is 0 Å². The van der Waals surface area contributed by atoms with Gasteiger partial charge in [0, 0.05) is 30.0 Å². The number of piperidine rings is 1. The zero-order valence-electron chi connectivity index (χ0n) is 20.3. The SMILES string of the molecule is COc1ccc(-c2cc(-c3ccc(C)cc3)c3c(N)c(C(=O)N4CCC(C(N)=O)CC4)sc3n2)cc1. The van der Waals surface area contributed by atoms with Gasteiger partial charge in [0.05, 0.1) is 18.5 Å². The Morgan fingerprint density at radius 2 is 1.67 bits per heavy atom. The largest absolute Gasteiger partial charge is 0.497 e. The molecule has 1 aliphatic rings. The van der Waals surface area contributed by atoms with Crippen LogP contribution in [-0.4, -0.2) is 41.9 Å². The number of rotatable bonds is 5. The lowest BCUT2D eigenvalue weighted by atomic mass is 9.96. The number of benzene rings is 2. The molecular formula is C28H28N4O3S. The van der Waals surface area contributed by atoms with Crippen LogP contribution in [0.5, 0.6) is 5.75 Å². The summed E-state index contributed by atoms with van der Waals surface area (Å²) in [4.78, 5) is 32.9. The highest BCUT2D eigenvalue weighted by Crippen LogP contribution is 2.42. The van der Waals surface area contributed by atoms with Crippen LogP contribution in [-0.2, 0) is 4.79 Å². The van der Waals surface area contributed by atoms with Crippen molar-refractivity contribution in [1.82, 2.24) is 9.88 Å². The molecule has 5 rings (SSSR count). The van der Waals surface area contributed by atoms with Gasteiger partial charge in [0.1, 0.15) is 15.5 Å². The Bertz CT molecular complexity index is 1440. The molecular weight excluding hydrogens is 472 g/mol. The van der Waals surface area contributed by atoms with Crippen molar-refractivity contribution in [3.63, 3.8) is 0 Å². The van der Waals surface area contributed by atoms with Crippen LogP contribution in [0.3, 0.4) is 0 Å². The Labute approximate surface area is 213 Å². The Balaban J connectivity index is 1.60. The maximum Gasteiger partial charge on any atom is 0.266 e. The number of nitrogen functional groups attached to an aromatic ring is 1. The summed E-state index contributed by atoms with van der Waals surface area (Å²) < 4.78 is 5.30. The van der Waals surface area contributed by atoms with Crippen LogP contribution < -0.4 is 16.2 Å². The van der Waals surface area contributed by atoms with E-state index in [-0.39, 0.29) is 17.7 Å². The van der Waals surface area contributed by atoms with E-state index in [1.807, 2.05) is 37.3 Å². The molecule has 0 radical (unpaired) electrons. The van der Waals surface area contributed by atoms with E-state index in [9.17, 15) is 9.59 Å². The van der Waals surface area contributed by atoms with Crippen molar-refractivity contribution in [2.24, 2.45) is 11.7 Å². The molecule has 36 heavy (non-hydrogen) atoms. The van der Waals surface area contributed by atoms with Crippen LogP contribution in [0.1, 0.15) is 28.1 Å². The van der Waals surface area contributed by atoms with Gasteiger partial charge in [0.15, 0.2) is 0 Å². The third-order valence-corrected chi connectivity index (χ3v) is 7.91. The Morgan fingerprint density at radius 1 is 1.03 bits per heavy atom. The predicted molar refractivity (Wildman–Crippen MR) is 144 cm³/mol. The predicted octanol–water partition coefficient (Wildman–Crippen LogP) is 4.87. The van der Waals surface area contributed by atoms with E-state index in [4.69, 9.17) is 21.2 Å². The average Bonchev–Trinajstić information content (AvgIpc) is 3.24. The van der Waals surface area contributed by atoms with Crippen LogP contribution in [0, 0.1) is 12.8 Å². The summed E-state index contributed by atoms with van der Waals surface area (Å²) in [6.07, 6.45) is 1.14. The number of aryl methyl sites for hydroxylation is 1. The highest BCUT2D eigenvalue weighted by molar-refractivity contribution is 7.21. The number of likely N-dealkylation sites (tertiary alicyclic amines) is 1. The molecule has 0 aliphatic carbocycles. The number of amides is 2. The zero-order chi connectivity index (χ0) is 25.4. The van der Waals surface area contributed by atoms with Gasteiger partial charge < -0.3 is 21.1 Å². The molecule has 7 nitrogen and oxygen atoms in total. The van der Waals surface area contributed by atoms with Gasteiger partial charge in [-0.15, -0.1) is 11.3 Å². The van der Waals surface area contributed by atoms with Gasteiger partial charge in [-0.3, -0.25) is 9.59 Å². The van der Waals surface area contributed by atoms with Gasteiger partial charge in [-0.1, -0.05) is 29.8 Å². The first kappa shape index (κ1) is 23.8. The van der Waals surface area contributed by atoms with E-state index in [0.717, 1.165) is 39.1 Å². The Kier molecular flexibility index (Phi) is 6.36.